The van der Waals surface area contributed by atoms with Crippen LogP contribution in [-0.2, 0) is 19.2 Å². The van der Waals surface area contributed by atoms with Crippen molar-refractivity contribution in [2.24, 2.45) is 23.5 Å². The van der Waals surface area contributed by atoms with Crippen molar-refractivity contribution in [3.05, 3.63) is 36.0 Å². The molecular formula is C31H47N5O5. The molecule has 3 aliphatic rings. The van der Waals surface area contributed by atoms with Gasteiger partial charge >= 0.3 is 0 Å². The first-order chi connectivity index (χ1) is 19.5. The third kappa shape index (κ3) is 7.67. The van der Waals surface area contributed by atoms with E-state index in [1.807, 2.05) is 53.7 Å². The molecule has 1 aromatic rings. The molecule has 1 aromatic carbocycles. The summed E-state index contributed by atoms with van der Waals surface area (Å²) in [6.45, 7) is 11.8. The van der Waals surface area contributed by atoms with E-state index in [9.17, 15) is 19.2 Å². The minimum Gasteiger partial charge on any atom is -0.488 e. The van der Waals surface area contributed by atoms with Crippen LogP contribution < -0.4 is 26.4 Å². The quantitative estimate of drug-likeness (QED) is 0.360. The van der Waals surface area contributed by atoms with Crippen LogP contribution in [0.3, 0.4) is 0 Å². The molecule has 4 amide bonds. The highest BCUT2D eigenvalue weighted by Gasteiger charge is 2.47. The van der Waals surface area contributed by atoms with Gasteiger partial charge in [0.05, 0.1) is 6.04 Å². The van der Waals surface area contributed by atoms with E-state index < -0.39 is 36.2 Å². The molecule has 0 spiro atoms. The van der Waals surface area contributed by atoms with Crippen molar-refractivity contribution in [1.29, 1.82) is 0 Å². The molecule has 0 aliphatic carbocycles. The molecule has 4 rings (SSSR count). The van der Waals surface area contributed by atoms with Gasteiger partial charge in [-0.2, -0.15) is 0 Å². The molecule has 1 fully saturated rings. The number of nitrogens with zero attached hydrogens (tertiary/aromatic N) is 1. The number of nitrogens with two attached hydrogens (primary N) is 1. The molecule has 0 radical (unpaired) electrons. The van der Waals surface area contributed by atoms with Crippen molar-refractivity contribution in [3.8, 4) is 5.75 Å². The number of rotatable bonds is 9. The number of carbonyl (C=O) groups is 4. The highest BCUT2D eigenvalue weighted by molar-refractivity contribution is 5.96. The summed E-state index contributed by atoms with van der Waals surface area (Å²) in [6, 6.07) is 3.90. The Morgan fingerprint density at radius 3 is 2.29 bits per heavy atom. The standard InChI is InChI=1S/C31H47N5O5/c1-7-18(4)24(32)28(37)35-26(20(6)9-3)31(40)36-17-15-23-27(36)30(39)34-25(19(5)8-2)29(38)33-16-14-21-10-12-22(41-23)13-11-21/h10-14,16,18-20,23-27H,7-9,15,17,32H2,1-6H3,(H,33,38)(H,34,39)(H,35,37)/b16-14-/t18-,19-,20-,23?,24-,25-,26-,27-/m0/s1. The Morgan fingerprint density at radius 1 is 1.02 bits per heavy atom. The van der Waals surface area contributed by atoms with Crippen molar-refractivity contribution >= 4 is 29.7 Å². The van der Waals surface area contributed by atoms with Gasteiger partial charge in [0.15, 0.2) is 0 Å². The minimum atomic E-state index is -0.994. The molecule has 41 heavy (non-hydrogen) atoms. The summed E-state index contributed by atoms with van der Waals surface area (Å²) in [5.41, 5.74) is 7.06. The van der Waals surface area contributed by atoms with E-state index in [1.165, 1.54) is 4.90 Å². The lowest BCUT2D eigenvalue weighted by atomic mass is 9.94. The summed E-state index contributed by atoms with van der Waals surface area (Å²) in [4.78, 5) is 55.8. The molecule has 8 atom stereocenters. The van der Waals surface area contributed by atoms with E-state index in [1.54, 1.807) is 24.4 Å². The lowest BCUT2D eigenvalue weighted by Crippen LogP contribution is -2.61. The summed E-state index contributed by atoms with van der Waals surface area (Å²) >= 11 is 0. The average molecular weight is 570 g/mol. The van der Waals surface area contributed by atoms with E-state index >= 15 is 0 Å². The summed E-state index contributed by atoms with van der Waals surface area (Å²) in [5.74, 6) is -1.39. The first-order valence-corrected chi connectivity index (χ1v) is 14.9. The highest BCUT2D eigenvalue weighted by Crippen LogP contribution is 2.27. The van der Waals surface area contributed by atoms with Crippen LogP contribution in [0.15, 0.2) is 30.5 Å². The maximum Gasteiger partial charge on any atom is 0.247 e. The van der Waals surface area contributed by atoms with Crippen LogP contribution in [0.2, 0.25) is 0 Å². The summed E-state index contributed by atoms with van der Waals surface area (Å²) < 4.78 is 6.28. The zero-order valence-electron chi connectivity index (χ0n) is 25.2. The molecule has 5 N–H and O–H groups in total. The van der Waals surface area contributed by atoms with Crippen LogP contribution in [0.4, 0.5) is 0 Å². The Balaban J connectivity index is 1.97. The van der Waals surface area contributed by atoms with Gasteiger partial charge in [-0.05, 0) is 41.5 Å². The summed E-state index contributed by atoms with van der Waals surface area (Å²) in [5, 5.41) is 8.59. The molecule has 226 valence electrons. The second-order valence-corrected chi connectivity index (χ2v) is 11.5. The van der Waals surface area contributed by atoms with E-state index in [-0.39, 0.29) is 42.0 Å². The number of fused-ring (bicyclic) bond motifs is 7. The van der Waals surface area contributed by atoms with Crippen LogP contribution in [0.5, 0.6) is 5.75 Å². The van der Waals surface area contributed by atoms with Gasteiger partial charge in [-0.3, -0.25) is 19.2 Å². The topological polar surface area (TPSA) is 143 Å². The van der Waals surface area contributed by atoms with Gasteiger partial charge in [0.2, 0.25) is 23.6 Å². The zero-order chi connectivity index (χ0) is 30.3. The number of amides is 4. The van der Waals surface area contributed by atoms with Crippen molar-refractivity contribution in [2.45, 2.75) is 97.5 Å². The molecule has 1 saturated heterocycles. The van der Waals surface area contributed by atoms with E-state index in [4.69, 9.17) is 10.5 Å². The number of benzene rings is 1. The van der Waals surface area contributed by atoms with Crippen molar-refractivity contribution in [2.75, 3.05) is 6.54 Å². The second kappa shape index (κ2) is 14.5. The molecule has 2 bridgehead atoms. The first kappa shape index (κ1) is 32.1. The lowest BCUT2D eigenvalue weighted by molar-refractivity contribution is -0.145. The van der Waals surface area contributed by atoms with Gasteiger partial charge in [-0.15, -0.1) is 0 Å². The number of ether oxygens (including phenoxy) is 1. The molecular weight excluding hydrogens is 522 g/mol. The van der Waals surface area contributed by atoms with Crippen LogP contribution in [0, 0.1) is 17.8 Å². The Labute approximate surface area is 243 Å². The van der Waals surface area contributed by atoms with E-state index in [2.05, 4.69) is 16.0 Å². The average Bonchev–Trinajstić information content (AvgIpc) is 3.40. The number of likely N-dealkylation sites (tertiary alicyclic amines) is 1. The molecule has 10 heteroatoms. The molecule has 0 saturated carbocycles. The second-order valence-electron chi connectivity index (χ2n) is 11.5. The van der Waals surface area contributed by atoms with Crippen LogP contribution in [0.1, 0.15) is 72.8 Å². The zero-order valence-corrected chi connectivity index (χ0v) is 25.2. The maximum absolute atomic E-state index is 14.1. The fraction of sp³-hybridized carbons (Fsp3) is 0.613. The SMILES string of the molecule is CC[C@H](C)[C@H](N)C(=O)N[C@H](C(=O)N1CCC2Oc3ccc(cc3)/C=C\NC(=O)[C@H]([C@@H](C)CC)NC(=O)[C@H]21)[C@@H](C)CC. The Bertz CT molecular complexity index is 1110. The van der Waals surface area contributed by atoms with E-state index in [0.29, 0.717) is 25.0 Å². The number of hydrogen-bond donors (Lipinski definition) is 4. The van der Waals surface area contributed by atoms with Gasteiger partial charge in [0, 0.05) is 19.2 Å². The monoisotopic (exact) mass is 569 g/mol. The van der Waals surface area contributed by atoms with Crippen LogP contribution in [-0.4, -0.2) is 65.3 Å². The number of hydrogen-bond acceptors (Lipinski definition) is 6. The van der Waals surface area contributed by atoms with Gasteiger partial charge in [0.1, 0.15) is 30.0 Å². The summed E-state index contributed by atoms with van der Waals surface area (Å²) in [6.07, 6.45) is 5.14. The number of carbonyl (C=O) groups excluding carboxylic acids is 4. The lowest BCUT2D eigenvalue weighted by Gasteiger charge is -2.34. The molecule has 3 aliphatic heterocycles. The number of nitrogens with one attached hydrogen (secondary N) is 3. The molecule has 10 nitrogen and oxygen atoms in total. The van der Waals surface area contributed by atoms with Crippen molar-refractivity contribution in [3.63, 3.8) is 0 Å². The van der Waals surface area contributed by atoms with Crippen LogP contribution in [0.25, 0.3) is 6.08 Å². The fourth-order valence-corrected chi connectivity index (χ4v) is 5.15. The smallest absolute Gasteiger partial charge is 0.247 e. The van der Waals surface area contributed by atoms with Crippen LogP contribution >= 0.6 is 0 Å². The maximum atomic E-state index is 14.1. The van der Waals surface area contributed by atoms with E-state index in [0.717, 1.165) is 12.0 Å². The van der Waals surface area contributed by atoms with Crippen molar-refractivity contribution in [1.82, 2.24) is 20.9 Å². The van der Waals surface area contributed by atoms with Gasteiger partial charge in [-0.1, -0.05) is 72.9 Å². The Morgan fingerprint density at radius 2 is 1.68 bits per heavy atom. The van der Waals surface area contributed by atoms with Gasteiger partial charge in [-0.25, -0.2) is 0 Å². The Hall–Kier alpha value is -3.40. The molecule has 1 unspecified atom stereocenters. The summed E-state index contributed by atoms with van der Waals surface area (Å²) in [7, 11) is 0. The minimum absolute atomic E-state index is 0.0533. The predicted molar refractivity (Wildman–Crippen MR) is 158 cm³/mol. The third-order valence-corrected chi connectivity index (χ3v) is 8.69. The molecule has 3 heterocycles. The van der Waals surface area contributed by atoms with Crippen molar-refractivity contribution < 1.29 is 23.9 Å². The molecule has 0 aromatic heterocycles. The van der Waals surface area contributed by atoms with Gasteiger partial charge in [0.25, 0.3) is 0 Å². The first-order valence-electron chi connectivity index (χ1n) is 14.9. The fourth-order valence-electron chi connectivity index (χ4n) is 5.15. The largest absolute Gasteiger partial charge is 0.488 e. The third-order valence-electron chi connectivity index (χ3n) is 8.69. The normalized spacial score (nSPS) is 25.3. The Kier molecular flexibility index (Phi) is 11.3. The van der Waals surface area contributed by atoms with Gasteiger partial charge < -0.3 is 31.3 Å². The predicted octanol–water partition coefficient (Wildman–Crippen LogP) is 2.57. The highest BCUT2D eigenvalue weighted by atomic mass is 16.5.